The molecular formula is C19H18ClN3O2. The molecule has 0 fully saturated rings. The van der Waals surface area contributed by atoms with Gasteiger partial charge in [0.1, 0.15) is 5.75 Å². The minimum Gasteiger partial charge on any atom is -0.496 e. The Bertz CT molecular complexity index is 944. The number of amides is 1. The first kappa shape index (κ1) is 17.0. The van der Waals surface area contributed by atoms with E-state index in [0.717, 1.165) is 27.9 Å². The number of primary amides is 1. The number of hydrogen-bond donors (Lipinski definition) is 1. The van der Waals surface area contributed by atoms with Crippen molar-refractivity contribution in [3.8, 4) is 28.1 Å². The number of hydrogen-bond acceptors (Lipinski definition) is 3. The van der Waals surface area contributed by atoms with Crippen LogP contribution in [0.25, 0.3) is 22.4 Å². The number of nitrogens with zero attached hydrogens (tertiary/aromatic N) is 2. The highest BCUT2D eigenvalue weighted by molar-refractivity contribution is 6.33. The van der Waals surface area contributed by atoms with Crippen LogP contribution < -0.4 is 10.5 Å². The summed E-state index contributed by atoms with van der Waals surface area (Å²) in [7, 11) is 3.43. The summed E-state index contributed by atoms with van der Waals surface area (Å²) in [6.07, 6.45) is 1.62. The maximum Gasteiger partial charge on any atom is 0.249 e. The Hall–Kier alpha value is -2.79. The summed E-state index contributed by atoms with van der Waals surface area (Å²) in [5, 5.41) is 4.77. The summed E-state index contributed by atoms with van der Waals surface area (Å²) < 4.78 is 7.28. The van der Waals surface area contributed by atoms with Crippen LogP contribution >= 0.6 is 11.6 Å². The predicted octanol–water partition coefficient (Wildman–Crippen LogP) is 3.82. The number of carbonyl (C=O) groups is 1. The number of carbonyl (C=O) groups excluding carboxylic acids is 1. The third-order valence-corrected chi connectivity index (χ3v) is 4.49. The maximum atomic E-state index is 11.6. The third-order valence-electron chi connectivity index (χ3n) is 4.22. The molecule has 0 unspecified atom stereocenters. The molecule has 0 saturated heterocycles. The Labute approximate surface area is 151 Å². The third kappa shape index (κ3) is 2.98. The van der Waals surface area contributed by atoms with Crippen LogP contribution in [0.3, 0.4) is 0 Å². The van der Waals surface area contributed by atoms with Crippen LogP contribution in [0.15, 0.2) is 42.6 Å². The summed E-state index contributed by atoms with van der Waals surface area (Å²) in [5.41, 5.74) is 10.2. The fourth-order valence-electron chi connectivity index (χ4n) is 3.02. The number of ether oxygens (including phenoxy) is 1. The van der Waals surface area contributed by atoms with Gasteiger partial charge in [0.25, 0.3) is 0 Å². The smallest absolute Gasteiger partial charge is 0.249 e. The topological polar surface area (TPSA) is 70.1 Å². The fourth-order valence-corrected chi connectivity index (χ4v) is 3.29. The van der Waals surface area contributed by atoms with Gasteiger partial charge >= 0.3 is 0 Å². The first-order valence-electron chi connectivity index (χ1n) is 7.69. The minimum atomic E-state index is -0.474. The molecule has 0 spiro atoms. The lowest BCUT2D eigenvalue weighted by Crippen LogP contribution is -2.13. The molecule has 1 heterocycles. The van der Waals surface area contributed by atoms with Crippen LogP contribution in [-0.2, 0) is 7.05 Å². The highest BCUT2D eigenvalue weighted by Crippen LogP contribution is 2.37. The molecule has 0 aliphatic carbocycles. The maximum absolute atomic E-state index is 11.6. The molecular weight excluding hydrogens is 338 g/mol. The lowest BCUT2D eigenvalue weighted by Gasteiger charge is -2.15. The van der Waals surface area contributed by atoms with Gasteiger partial charge in [0.2, 0.25) is 5.91 Å². The minimum absolute atomic E-state index is 0.450. The van der Waals surface area contributed by atoms with Gasteiger partial charge in [-0.3, -0.25) is 9.48 Å². The van der Waals surface area contributed by atoms with E-state index in [9.17, 15) is 4.79 Å². The lowest BCUT2D eigenvalue weighted by molar-refractivity contribution is 0.0999. The quantitative estimate of drug-likeness (QED) is 0.773. The van der Waals surface area contributed by atoms with Gasteiger partial charge in [-0.25, -0.2) is 0 Å². The van der Waals surface area contributed by atoms with Crippen LogP contribution in [0.4, 0.5) is 0 Å². The molecule has 2 aromatic carbocycles. The van der Waals surface area contributed by atoms with Crippen molar-refractivity contribution in [3.63, 3.8) is 0 Å². The average molecular weight is 356 g/mol. The SMILES string of the molecule is COc1c(-c2cccc(-c3c(Cl)cnn3C)c2)ccc(C(N)=O)c1C. The number of rotatable bonds is 4. The van der Waals surface area contributed by atoms with Crippen molar-refractivity contribution in [2.75, 3.05) is 7.11 Å². The van der Waals surface area contributed by atoms with Crippen LogP contribution in [0, 0.1) is 6.92 Å². The second-order valence-corrected chi connectivity index (χ2v) is 6.14. The van der Waals surface area contributed by atoms with Gasteiger partial charge in [0, 0.05) is 29.3 Å². The number of nitrogens with two attached hydrogens (primary N) is 1. The van der Waals surface area contributed by atoms with Crippen LogP contribution in [0.1, 0.15) is 15.9 Å². The zero-order valence-corrected chi connectivity index (χ0v) is 15.0. The summed E-state index contributed by atoms with van der Waals surface area (Å²) in [5.74, 6) is 0.155. The van der Waals surface area contributed by atoms with E-state index < -0.39 is 5.91 Å². The summed E-state index contributed by atoms with van der Waals surface area (Å²) >= 11 is 6.26. The number of halogens is 1. The van der Waals surface area contributed by atoms with Crippen molar-refractivity contribution in [1.29, 1.82) is 0 Å². The molecule has 0 bridgehead atoms. The van der Waals surface area contributed by atoms with E-state index in [1.54, 1.807) is 24.1 Å². The van der Waals surface area contributed by atoms with E-state index >= 15 is 0 Å². The molecule has 2 N–H and O–H groups in total. The van der Waals surface area contributed by atoms with Gasteiger partial charge in [0.15, 0.2) is 0 Å². The molecule has 6 heteroatoms. The fraction of sp³-hybridized carbons (Fsp3) is 0.158. The van der Waals surface area contributed by atoms with Gasteiger partial charge < -0.3 is 10.5 Å². The van der Waals surface area contributed by atoms with E-state index in [2.05, 4.69) is 5.10 Å². The monoisotopic (exact) mass is 355 g/mol. The molecule has 0 aliphatic heterocycles. The van der Waals surface area contributed by atoms with E-state index in [0.29, 0.717) is 16.3 Å². The standard InChI is InChI=1S/C19H18ClN3O2/c1-11-14(19(21)24)7-8-15(18(11)25-3)12-5-4-6-13(9-12)17-16(20)10-22-23(17)2/h4-10H,1-3H3,(H2,21,24). The van der Waals surface area contributed by atoms with E-state index in [1.165, 1.54) is 0 Å². The van der Waals surface area contributed by atoms with E-state index in [1.807, 2.05) is 44.3 Å². The van der Waals surface area contributed by atoms with Gasteiger partial charge in [-0.15, -0.1) is 0 Å². The molecule has 0 atom stereocenters. The molecule has 25 heavy (non-hydrogen) atoms. The zero-order valence-electron chi connectivity index (χ0n) is 14.2. The second kappa shape index (κ2) is 6.61. The second-order valence-electron chi connectivity index (χ2n) is 5.73. The average Bonchev–Trinajstić information content (AvgIpc) is 2.93. The Morgan fingerprint density at radius 3 is 2.56 bits per heavy atom. The van der Waals surface area contributed by atoms with Crippen molar-refractivity contribution >= 4 is 17.5 Å². The van der Waals surface area contributed by atoms with Gasteiger partial charge in [-0.05, 0) is 30.7 Å². The number of methoxy groups -OCH3 is 1. The van der Waals surface area contributed by atoms with Crippen molar-refractivity contribution in [3.05, 3.63) is 58.7 Å². The number of benzene rings is 2. The molecule has 0 aliphatic rings. The zero-order chi connectivity index (χ0) is 18.1. The number of aromatic nitrogens is 2. The van der Waals surface area contributed by atoms with Crippen molar-refractivity contribution < 1.29 is 9.53 Å². The van der Waals surface area contributed by atoms with Gasteiger partial charge in [0.05, 0.1) is 24.0 Å². The Morgan fingerprint density at radius 1 is 1.24 bits per heavy atom. The van der Waals surface area contributed by atoms with Gasteiger partial charge in [-0.1, -0.05) is 29.8 Å². The van der Waals surface area contributed by atoms with E-state index in [-0.39, 0.29) is 0 Å². The Kier molecular flexibility index (Phi) is 4.51. The van der Waals surface area contributed by atoms with E-state index in [4.69, 9.17) is 22.1 Å². The van der Waals surface area contributed by atoms with Crippen molar-refractivity contribution in [1.82, 2.24) is 9.78 Å². The Balaban J connectivity index is 2.17. The van der Waals surface area contributed by atoms with Crippen LogP contribution in [0.2, 0.25) is 5.02 Å². The lowest BCUT2D eigenvalue weighted by atomic mass is 9.96. The molecule has 5 nitrogen and oxygen atoms in total. The first-order valence-corrected chi connectivity index (χ1v) is 8.07. The molecule has 1 aromatic heterocycles. The Morgan fingerprint density at radius 2 is 1.96 bits per heavy atom. The van der Waals surface area contributed by atoms with Crippen molar-refractivity contribution in [2.45, 2.75) is 6.92 Å². The highest BCUT2D eigenvalue weighted by Gasteiger charge is 2.16. The summed E-state index contributed by atoms with van der Waals surface area (Å²) in [6.45, 7) is 1.82. The predicted molar refractivity (Wildman–Crippen MR) is 98.9 cm³/mol. The summed E-state index contributed by atoms with van der Waals surface area (Å²) in [4.78, 5) is 11.6. The first-order chi connectivity index (χ1) is 11.9. The van der Waals surface area contributed by atoms with Crippen LogP contribution in [-0.4, -0.2) is 22.8 Å². The van der Waals surface area contributed by atoms with Crippen LogP contribution in [0.5, 0.6) is 5.75 Å². The van der Waals surface area contributed by atoms with Gasteiger partial charge in [-0.2, -0.15) is 5.10 Å². The molecule has 0 saturated carbocycles. The highest BCUT2D eigenvalue weighted by atomic mass is 35.5. The summed E-state index contributed by atoms with van der Waals surface area (Å²) in [6, 6.07) is 11.5. The molecule has 3 rings (SSSR count). The molecule has 0 radical (unpaired) electrons. The largest absolute Gasteiger partial charge is 0.496 e. The molecule has 3 aromatic rings. The molecule has 1 amide bonds. The van der Waals surface area contributed by atoms with Crippen molar-refractivity contribution in [2.24, 2.45) is 12.8 Å². The molecule has 128 valence electrons. The number of aryl methyl sites for hydroxylation is 1. The normalized spacial score (nSPS) is 10.7.